The van der Waals surface area contributed by atoms with Crippen molar-refractivity contribution < 1.29 is 14.1 Å². The highest BCUT2D eigenvalue weighted by Gasteiger charge is 2.37. The zero-order chi connectivity index (χ0) is 18.5. The van der Waals surface area contributed by atoms with Crippen molar-refractivity contribution in [3.05, 3.63) is 36.3 Å². The Morgan fingerprint density at radius 2 is 1.74 bits per heavy atom. The van der Waals surface area contributed by atoms with Crippen molar-refractivity contribution in [3.8, 4) is 0 Å². The molecule has 27 heavy (non-hydrogen) atoms. The average Bonchev–Trinajstić information content (AvgIpc) is 3.18. The van der Waals surface area contributed by atoms with Gasteiger partial charge in [-0.1, -0.05) is 38.5 Å². The molecule has 0 aromatic carbocycles. The molecule has 0 saturated heterocycles. The van der Waals surface area contributed by atoms with Crippen LogP contribution in [0.5, 0.6) is 0 Å². The fourth-order valence-corrected chi connectivity index (χ4v) is 4.41. The van der Waals surface area contributed by atoms with Gasteiger partial charge >= 0.3 is 5.88 Å². The lowest BCUT2D eigenvalue weighted by atomic mass is 9.90. The van der Waals surface area contributed by atoms with Crippen LogP contribution in [-0.2, 0) is 0 Å². The predicted octanol–water partition coefficient (Wildman–Crippen LogP) is 3.21. The summed E-state index contributed by atoms with van der Waals surface area (Å²) in [5.74, 6) is 0.119. The molecule has 2 aliphatic rings. The summed E-state index contributed by atoms with van der Waals surface area (Å²) in [5.41, 5.74) is 0.497. The fourth-order valence-electron chi connectivity index (χ4n) is 4.41. The van der Waals surface area contributed by atoms with Gasteiger partial charge < -0.3 is 0 Å². The normalized spacial score (nSPS) is 19.0. The zero-order valence-electron chi connectivity index (χ0n) is 15.7. The van der Waals surface area contributed by atoms with E-state index in [1.807, 2.05) is 4.79 Å². The molecule has 2 saturated carbocycles. The molecule has 0 aliphatic heterocycles. The van der Waals surface area contributed by atoms with Gasteiger partial charge in [-0.15, -0.1) is 5.01 Å². The summed E-state index contributed by atoms with van der Waals surface area (Å²) in [5, 5.41) is 9.45. The lowest BCUT2D eigenvalue weighted by Crippen LogP contribution is -2.68. The third-order valence-electron chi connectivity index (χ3n) is 5.75. The van der Waals surface area contributed by atoms with Crippen molar-refractivity contribution >= 4 is 11.8 Å². The maximum atomic E-state index is 12.3. The Balaban J connectivity index is 1.51. The second-order valence-electron chi connectivity index (χ2n) is 7.65. The lowest BCUT2D eigenvalue weighted by Gasteiger charge is -2.35. The van der Waals surface area contributed by atoms with Crippen molar-refractivity contribution in [2.24, 2.45) is 0 Å². The van der Waals surface area contributed by atoms with Crippen LogP contribution in [0.2, 0.25) is 0 Å². The molecule has 0 bridgehead atoms. The second kappa shape index (κ2) is 8.50. The summed E-state index contributed by atoms with van der Waals surface area (Å²) in [7, 11) is 0. The van der Waals surface area contributed by atoms with Crippen molar-refractivity contribution in [3.63, 3.8) is 0 Å². The Kier molecular flexibility index (Phi) is 5.65. The monoisotopic (exact) mass is 370 g/mol. The molecule has 2 aromatic heterocycles. The van der Waals surface area contributed by atoms with E-state index in [4.69, 9.17) is 4.52 Å². The zero-order valence-corrected chi connectivity index (χ0v) is 15.7. The van der Waals surface area contributed by atoms with E-state index in [0.717, 1.165) is 0 Å². The first-order valence-electron chi connectivity index (χ1n) is 10.2. The van der Waals surface area contributed by atoms with Crippen LogP contribution in [0.3, 0.4) is 0 Å². The molecule has 4 rings (SSSR count). The van der Waals surface area contributed by atoms with Crippen LogP contribution in [0.1, 0.15) is 74.6 Å². The molecule has 144 valence electrons. The first-order chi connectivity index (χ1) is 13.3. The Hall–Kier alpha value is -2.44. The van der Waals surface area contributed by atoms with E-state index in [1.54, 1.807) is 24.5 Å². The summed E-state index contributed by atoms with van der Waals surface area (Å²) in [4.78, 5) is 18.2. The van der Waals surface area contributed by atoms with Crippen molar-refractivity contribution in [1.29, 1.82) is 0 Å². The molecular formula is C20H28N5O2+. The first-order valence-corrected chi connectivity index (χ1v) is 10.2. The van der Waals surface area contributed by atoms with Crippen molar-refractivity contribution in [2.75, 3.05) is 10.3 Å². The topological polar surface area (TPSA) is 75.1 Å². The molecule has 2 aliphatic carbocycles. The minimum Gasteiger partial charge on any atom is -0.285 e. The first kappa shape index (κ1) is 17.9. The molecule has 2 fully saturated rings. The number of rotatable bonds is 5. The van der Waals surface area contributed by atoms with E-state index in [1.165, 1.54) is 70.4 Å². The number of anilines is 1. The van der Waals surface area contributed by atoms with Crippen LogP contribution in [-0.4, -0.2) is 28.2 Å². The van der Waals surface area contributed by atoms with Crippen molar-refractivity contribution in [2.45, 2.75) is 76.3 Å². The lowest BCUT2D eigenvalue weighted by molar-refractivity contribution is -0.766. The number of hydrogen-bond donors (Lipinski definition) is 1. The second-order valence-corrected chi connectivity index (χ2v) is 7.65. The third kappa shape index (κ3) is 4.28. The van der Waals surface area contributed by atoms with Crippen LogP contribution in [0.4, 0.5) is 5.88 Å². The van der Waals surface area contributed by atoms with Gasteiger partial charge in [-0.05, 0) is 37.8 Å². The van der Waals surface area contributed by atoms with Gasteiger partial charge in [0.1, 0.15) is 0 Å². The minimum atomic E-state index is -0.242. The van der Waals surface area contributed by atoms with Gasteiger partial charge in [0, 0.05) is 12.4 Å². The molecule has 0 radical (unpaired) electrons. The van der Waals surface area contributed by atoms with E-state index >= 15 is 0 Å². The summed E-state index contributed by atoms with van der Waals surface area (Å²) >= 11 is 0. The van der Waals surface area contributed by atoms with E-state index in [-0.39, 0.29) is 5.91 Å². The number of pyridine rings is 1. The molecule has 2 heterocycles. The predicted molar refractivity (Wildman–Crippen MR) is 101 cm³/mol. The summed E-state index contributed by atoms with van der Waals surface area (Å²) in [6.07, 6.45) is 17.5. The average molecular weight is 370 g/mol. The maximum Gasteiger partial charge on any atom is 0.306 e. The number of nitrogens with zero attached hydrogens (tertiary/aromatic N) is 4. The van der Waals surface area contributed by atoms with Gasteiger partial charge in [0.2, 0.25) is 5.27 Å². The SMILES string of the molecule is O=C(Nc1c[n+](N(C2CCCCC2)C2CCCCC2)no1)c1cccnc1. The summed E-state index contributed by atoms with van der Waals surface area (Å²) < 4.78 is 5.44. The molecule has 7 heteroatoms. The Morgan fingerprint density at radius 1 is 1.07 bits per heavy atom. The number of amides is 1. The highest BCUT2D eigenvalue weighted by molar-refractivity contribution is 6.03. The number of aromatic nitrogens is 3. The van der Waals surface area contributed by atoms with Crippen molar-refractivity contribution in [1.82, 2.24) is 10.3 Å². The molecule has 2 aromatic rings. The Morgan fingerprint density at radius 3 is 2.33 bits per heavy atom. The van der Waals surface area contributed by atoms with E-state index in [2.05, 4.69) is 20.6 Å². The van der Waals surface area contributed by atoms with Gasteiger partial charge in [0.25, 0.3) is 12.1 Å². The molecule has 0 spiro atoms. The van der Waals surface area contributed by atoms with Crippen LogP contribution in [0, 0.1) is 0 Å². The van der Waals surface area contributed by atoms with Crippen LogP contribution in [0.15, 0.2) is 35.2 Å². The highest BCUT2D eigenvalue weighted by atomic mass is 16.5. The number of carbonyl (C=O) groups is 1. The Labute approximate surface area is 159 Å². The standard InChI is InChI=1S/C20H27N5O2/c26-20(16-8-7-13-21-14-16)22-19-15-24(23-27-19)25(17-9-3-1-4-10-17)18-11-5-2-6-12-18/h7-8,13-15,17-18H,1-6,9-12H2/p+1. The molecule has 1 N–H and O–H groups in total. The van der Waals surface area contributed by atoms with E-state index < -0.39 is 0 Å². The number of carbonyl (C=O) groups excluding carboxylic acids is 1. The summed E-state index contributed by atoms with van der Waals surface area (Å²) in [6, 6.07) is 4.46. The number of nitrogens with one attached hydrogen (secondary N) is 1. The highest BCUT2D eigenvalue weighted by Crippen LogP contribution is 2.27. The Bertz CT molecular complexity index is 718. The van der Waals surface area contributed by atoms with Gasteiger partial charge in [-0.25, -0.2) is 0 Å². The van der Waals surface area contributed by atoms with Gasteiger partial charge in [-0.3, -0.25) is 19.6 Å². The van der Waals surface area contributed by atoms with Crippen LogP contribution in [0.25, 0.3) is 0 Å². The quantitative estimate of drug-likeness (QED) is 0.818. The fraction of sp³-hybridized carbons (Fsp3) is 0.600. The van der Waals surface area contributed by atoms with Gasteiger partial charge in [-0.2, -0.15) is 0 Å². The summed E-state index contributed by atoms with van der Waals surface area (Å²) in [6.45, 7) is 0. The largest absolute Gasteiger partial charge is 0.306 e. The van der Waals surface area contributed by atoms with E-state index in [0.29, 0.717) is 23.5 Å². The third-order valence-corrected chi connectivity index (χ3v) is 5.75. The molecule has 0 atom stereocenters. The molecule has 0 unspecified atom stereocenters. The van der Waals surface area contributed by atoms with Gasteiger partial charge in [0.15, 0.2) is 0 Å². The molecule has 1 amide bonds. The number of hydrogen-bond acceptors (Lipinski definition) is 5. The maximum absolute atomic E-state index is 12.3. The van der Waals surface area contributed by atoms with Gasteiger partial charge in [0.05, 0.1) is 22.4 Å². The van der Waals surface area contributed by atoms with Crippen LogP contribution >= 0.6 is 0 Å². The van der Waals surface area contributed by atoms with Crippen LogP contribution < -0.4 is 15.1 Å². The molecular weight excluding hydrogens is 342 g/mol. The van der Waals surface area contributed by atoms with E-state index in [9.17, 15) is 4.79 Å². The smallest absolute Gasteiger partial charge is 0.285 e. The molecule has 7 nitrogen and oxygen atoms in total. The minimum absolute atomic E-state index is 0.242.